The summed E-state index contributed by atoms with van der Waals surface area (Å²) in [5, 5.41) is 6.23. The molecule has 0 saturated heterocycles. The number of nitrogens with one attached hydrogen (secondary N) is 1. The number of aryl methyl sites for hydroxylation is 1. The molecule has 1 N–H and O–H groups in total. The van der Waals surface area contributed by atoms with Gasteiger partial charge in [-0.15, -0.1) is 0 Å². The van der Waals surface area contributed by atoms with Gasteiger partial charge in [-0.3, -0.25) is 0 Å². The number of anilines is 2. The number of para-hydroxylation sites is 1. The molecule has 0 bridgehead atoms. The van der Waals surface area contributed by atoms with Gasteiger partial charge in [0.05, 0.1) is 5.69 Å². The van der Waals surface area contributed by atoms with E-state index in [9.17, 15) is 0 Å². The second-order valence-corrected chi connectivity index (χ2v) is 10.0. The second kappa shape index (κ2) is 10.8. The first-order chi connectivity index (χ1) is 19.2. The molecular formula is C38H31N. The summed E-state index contributed by atoms with van der Waals surface area (Å²) in [6.07, 6.45) is 0. The lowest BCUT2D eigenvalue weighted by Gasteiger charge is -2.27. The Morgan fingerprint density at radius 3 is 1.85 bits per heavy atom. The fraction of sp³-hybridized carbons (Fsp3) is 0.0526. The maximum absolute atomic E-state index is 4.69. The average Bonchev–Trinajstić information content (AvgIpc) is 3.00. The van der Waals surface area contributed by atoms with Crippen LogP contribution in [0.5, 0.6) is 0 Å². The molecule has 6 rings (SSSR count). The van der Waals surface area contributed by atoms with E-state index in [-0.39, 0.29) is 5.92 Å². The average molecular weight is 502 g/mol. The zero-order valence-electron chi connectivity index (χ0n) is 22.1. The number of rotatable bonds is 7. The summed E-state index contributed by atoms with van der Waals surface area (Å²) in [4.78, 5) is 0. The Hall–Kier alpha value is -4.88. The van der Waals surface area contributed by atoms with Crippen LogP contribution in [0, 0.1) is 6.92 Å². The van der Waals surface area contributed by atoms with Crippen molar-refractivity contribution < 1.29 is 0 Å². The highest BCUT2D eigenvalue weighted by Crippen LogP contribution is 2.46. The molecule has 6 aromatic carbocycles. The molecule has 0 aliphatic carbocycles. The second-order valence-electron chi connectivity index (χ2n) is 10.0. The van der Waals surface area contributed by atoms with Crippen molar-refractivity contribution in [3.63, 3.8) is 0 Å². The Morgan fingerprint density at radius 1 is 0.615 bits per heavy atom. The molecule has 0 aromatic heterocycles. The Morgan fingerprint density at radius 2 is 1.18 bits per heavy atom. The molecule has 6 aromatic rings. The van der Waals surface area contributed by atoms with Crippen LogP contribution in [0.1, 0.15) is 28.2 Å². The van der Waals surface area contributed by atoms with Gasteiger partial charge in [-0.25, -0.2) is 0 Å². The molecule has 0 aliphatic heterocycles. The van der Waals surface area contributed by atoms with Crippen LogP contribution in [0.2, 0.25) is 0 Å². The van der Waals surface area contributed by atoms with Gasteiger partial charge in [0, 0.05) is 17.0 Å². The number of benzene rings is 6. The Kier molecular flexibility index (Phi) is 6.80. The third-order valence-electron chi connectivity index (χ3n) is 7.42. The molecule has 1 nitrogen and oxygen atoms in total. The van der Waals surface area contributed by atoms with E-state index in [1.807, 2.05) is 0 Å². The van der Waals surface area contributed by atoms with Crippen LogP contribution in [0.3, 0.4) is 0 Å². The van der Waals surface area contributed by atoms with Crippen molar-refractivity contribution in [3.05, 3.63) is 174 Å². The first-order valence-corrected chi connectivity index (χ1v) is 13.4. The molecular weight excluding hydrogens is 470 g/mol. The van der Waals surface area contributed by atoms with Gasteiger partial charge in [-0.05, 0) is 63.9 Å². The quantitative estimate of drug-likeness (QED) is 0.229. The van der Waals surface area contributed by atoms with Crippen LogP contribution in [0.15, 0.2) is 152 Å². The van der Waals surface area contributed by atoms with Crippen LogP contribution in [0.4, 0.5) is 11.4 Å². The lowest BCUT2D eigenvalue weighted by Crippen LogP contribution is -2.08. The maximum Gasteiger partial charge on any atom is 0.0506 e. The van der Waals surface area contributed by atoms with Crippen molar-refractivity contribution in [2.24, 2.45) is 0 Å². The van der Waals surface area contributed by atoms with Crippen molar-refractivity contribution in [2.45, 2.75) is 12.8 Å². The topological polar surface area (TPSA) is 12.0 Å². The van der Waals surface area contributed by atoms with Crippen molar-refractivity contribution in [2.75, 3.05) is 5.32 Å². The van der Waals surface area contributed by atoms with E-state index in [0.29, 0.717) is 0 Å². The third-order valence-corrected chi connectivity index (χ3v) is 7.42. The summed E-state index contributed by atoms with van der Waals surface area (Å²) < 4.78 is 0. The minimum atomic E-state index is -0.0476. The van der Waals surface area contributed by atoms with Crippen LogP contribution in [0.25, 0.3) is 27.5 Å². The molecule has 0 heterocycles. The number of hydrogen-bond donors (Lipinski definition) is 1. The zero-order chi connectivity index (χ0) is 26.6. The lowest BCUT2D eigenvalue weighted by atomic mass is 9.79. The van der Waals surface area contributed by atoms with E-state index in [1.165, 1.54) is 38.6 Å². The smallest absolute Gasteiger partial charge is 0.0506 e. The number of hydrogen-bond acceptors (Lipinski definition) is 1. The highest BCUT2D eigenvalue weighted by atomic mass is 14.9. The molecule has 0 spiro atoms. The largest absolute Gasteiger partial charge is 0.355 e. The standard InChI is InChI=1S/C38H31N/c1-27-22-24-30(25-23-27)35-26-36(37(31-16-8-4-9-17-31)28(2)29-14-6-3-7-15-29)38(34-21-13-12-20-33(34)35)39-32-18-10-5-11-19-32/h3-26,37,39H,2H2,1H3. The zero-order valence-corrected chi connectivity index (χ0v) is 22.1. The summed E-state index contributed by atoms with van der Waals surface area (Å²) in [5.41, 5.74) is 10.5. The highest BCUT2D eigenvalue weighted by molar-refractivity contribution is 6.06. The van der Waals surface area contributed by atoms with Crippen molar-refractivity contribution in [1.82, 2.24) is 0 Å². The Labute approximate surface area is 231 Å². The van der Waals surface area contributed by atoms with Gasteiger partial charge in [-0.1, -0.05) is 140 Å². The van der Waals surface area contributed by atoms with Gasteiger partial charge in [0.1, 0.15) is 0 Å². The first-order valence-electron chi connectivity index (χ1n) is 13.4. The number of allylic oxidation sites excluding steroid dienone is 1. The molecule has 0 amide bonds. The summed E-state index contributed by atoms with van der Waals surface area (Å²) in [6, 6.07) is 51.7. The minimum absolute atomic E-state index is 0.0476. The lowest BCUT2D eigenvalue weighted by molar-refractivity contribution is 1.05. The molecule has 0 radical (unpaired) electrons. The predicted octanol–water partition coefficient (Wildman–Crippen LogP) is 10.4. The van der Waals surface area contributed by atoms with Gasteiger partial charge in [0.2, 0.25) is 0 Å². The molecule has 1 atom stereocenters. The van der Waals surface area contributed by atoms with E-state index < -0.39 is 0 Å². The predicted molar refractivity (Wildman–Crippen MR) is 168 cm³/mol. The fourth-order valence-electron chi connectivity index (χ4n) is 5.43. The molecule has 39 heavy (non-hydrogen) atoms. The van der Waals surface area contributed by atoms with Crippen molar-refractivity contribution in [3.8, 4) is 11.1 Å². The Balaban J connectivity index is 1.67. The van der Waals surface area contributed by atoms with Gasteiger partial charge < -0.3 is 5.32 Å². The highest BCUT2D eigenvalue weighted by Gasteiger charge is 2.25. The van der Waals surface area contributed by atoms with Gasteiger partial charge in [0.25, 0.3) is 0 Å². The van der Waals surface area contributed by atoms with Gasteiger partial charge in [0.15, 0.2) is 0 Å². The molecule has 1 unspecified atom stereocenters. The first kappa shape index (κ1) is 24.5. The number of fused-ring (bicyclic) bond motifs is 1. The normalized spacial score (nSPS) is 11.7. The van der Waals surface area contributed by atoms with E-state index in [4.69, 9.17) is 6.58 Å². The monoisotopic (exact) mass is 501 g/mol. The van der Waals surface area contributed by atoms with E-state index >= 15 is 0 Å². The fourth-order valence-corrected chi connectivity index (χ4v) is 5.43. The van der Waals surface area contributed by atoms with E-state index in [2.05, 4.69) is 158 Å². The molecule has 0 saturated carbocycles. The molecule has 188 valence electrons. The van der Waals surface area contributed by atoms with Crippen LogP contribution >= 0.6 is 0 Å². The van der Waals surface area contributed by atoms with Crippen molar-refractivity contribution in [1.29, 1.82) is 0 Å². The minimum Gasteiger partial charge on any atom is -0.355 e. The SMILES string of the molecule is C=C(c1ccccc1)C(c1ccccc1)c1cc(-c2ccc(C)cc2)c2ccccc2c1Nc1ccccc1. The third kappa shape index (κ3) is 5.00. The summed E-state index contributed by atoms with van der Waals surface area (Å²) in [5.74, 6) is -0.0476. The van der Waals surface area contributed by atoms with E-state index in [1.54, 1.807) is 0 Å². The summed E-state index contributed by atoms with van der Waals surface area (Å²) >= 11 is 0. The van der Waals surface area contributed by atoms with Crippen LogP contribution < -0.4 is 5.32 Å². The summed E-state index contributed by atoms with van der Waals surface area (Å²) in [7, 11) is 0. The van der Waals surface area contributed by atoms with Crippen LogP contribution in [-0.2, 0) is 0 Å². The van der Waals surface area contributed by atoms with Crippen LogP contribution in [-0.4, -0.2) is 0 Å². The Bertz CT molecular complexity index is 1720. The molecule has 0 fully saturated rings. The molecule has 0 aliphatic rings. The van der Waals surface area contributed by atoms with Gasteiger partial charge >= 0.3 is 0 Å². The summed E-state index contributed by atoms with van der Waals surface area (Å²) in [6.45, 7) is 6.83. The molecule has 1 heteroatoms. The van der Waals surface area contributed by atoms with Crippen molar-refractivity contribution >= 4 is 27.7 Å². The van der Waals surface area contributed by atoms with E-state index in [0.717, 1.165) is 22.5 Å². The van der Waals surface area contributed by atoms with Gasteiger partial charge in [-0.2, -0.15) is 0 Å². The maximum atomic E-state index is 4.69.